The van der Waals surface area contributed by atoms with Gasteiger partial charge in [0.2, 0.25) is 0 Å². The molecule has 1 aliphatic heterocycles. The molecule has 2 fully saturated rings. The molecule has 1 saturated heterocycles. The highest BCUT2D eigenvalue weighted by atomic mass is 19.1. The van der Waals surface area contributed by atoms with Crippen LogP contribution in [-0.2, 0) is 14.4 Å². The van der Waals surface area contributed by atoms with E-state index in [1.165, 1.54) is 12.1 Å². The first kappa shape index (κ1) is 26.2. The van der Waals surface area contributed by atoms with Crippen LogP contribution in [0.3, 0.4) is 0 Å². The summed E-state index contributed by atoms with van der Waals surface area (Å²) in [5.41, 5.74) is 0.989. The summed E-state index contributed by atoms with van der Waals surface area (Å²) in [5, 5.41) is 9.56. The van der Waals surface area contributed by atoms with E-state index in [4.69, 9.17) is 0 Å². The van der Waals surface area contributed by atoms with E-state index >= 15 is 0 Å². The van der Waals surface area contributed by atoms with E-state index in [-0.39, 0.29) is 22.8 Å². The Morgan fingerprint density at radius 2 is 1.92 bits per heavy atom. The van der Waals surface area contributed by atoms with Gasteiger partial charge in [0.15, 0.2) is 0 Å². The molecule has 194 valence electrons. The molecule has 0 unspecified atom stereocenters. The summed E-state index contributed by atoms with van der Waals surface area (Å²) in [6.45, 7) is 0.634. The molecule has 0 spiro atoms. The van der Waals surface area contributed by atoms with Gasteiger partial charge in [-0.1, -0.05) is 44.2 Å². The van der Waals surface area contributed by atoms with Gasteiger partial charge in [-0.25, -0.2) is 18.8 Å². The number of aromatic nitrogens is 1. The van der Waals surface area contributed by atoms with Crippen molar-refractivity contribution in [3.63, 3.8) is 0 Å². The maximum Gasteiger partial charge on any atom is 0.268 e. The highest BCUT2D eigenvalue weighted by Gasteiger charge is 2.29. The molecule has 4 rings (SSSR count). The lowest BCUT2D eigenvalue weighted by Crippen LogP contribution is -2.44. The van der Waals surface area contributed by atoms with Gasteiger partial charge >= 0.3 is 0 Å². The lowest BCUT2D eigenvalue weighted by atomic mass is 9.84. The standard InChI is InChI=1S/C28H31FN4O4/c29-22-8-4-7-20-15-24(32-27(20)22)28(37)33-23(13-18-5-2-1-3-6-18)26(17-36)31-21(10-12-34)14-19-9-11-30-25(19)16-35/h4,7-8,10,15,18-19,21,23,30-32H,1-3,5-6,9,11,13-14H2,(H,33,37)/t19-,21+,23-/m0/s1. The Balaban J connectivity index is 1.55. The van der Waals surface area contributed by atoms with Crippen molar-refractivity contribution < 1.29 is 23.6 Å². The molecule has 3 atom stereocenters. The largest absolute Gasteiger partial charge is 0.379 e. The fourth-order valence-corrected chi connectivity index (χ4v) is 5.47. The maximum absolute atomic E-state index is 14.2. The molecule has 37 heavy (non-hydrogen) atoms. The van der Waals surface area contributed by atoms with Crippen molar-refractivity contribution in [3.05, 3.63) is 53.2 Å². The molecule has 2 heterocycles. The van der Waals surface area contributed by atoms with Gasteiger partial charge in [0, 0.05) is 23.9 Å². The van der Waals surface area contributed by atoms with E-state index in [1.54, 1.807) is 24.1 Å². The van der Waals surface area contributed by atoms with Crippen LogP contribution in [-0.4, -0.2) is 47.3 Å². The van der Waals surface area contributed by atoms with Crippen molar-refractivity contribution >= 4 is 34.6 Å². The number of hydrogen-bond acceptors (Lipinski definition) is 6. The van der Waals surface area contributed by atoms with Gasteiger partial charge in [-0.3, -0.25) is 4.79 Å². The zero-order chi connectivity index (χ0) is 26.2. The Kier molecular flexibility index (Phi) is 8.76. The molecule has 1 amide bonds. The minimum atomic E-state index is -0.685. The predicted molar refractivity (Wildman–Crippen MR) is 137 cm³/mol. The highest BCUT2D eigenvalue weighted by molar-refractivity contribution is 5.98. The second-order valence-electron chi connectivity index (χ2n) is 9.87. The molecule has 9 heteroatoms. The van der Waals surface area contributed by atoms with E-state index in [9.17, 15) is 23.6 Å². The number of aromatic amines is 1. The van der Waals surface area contributed by atoms with Crippen LogP contribution in [0.2, 0.25) is 0 Å². The van der Waals surface area contributed by atoms with Crippen molar-refractivity contribution in [2.45, 2.75) is 63.5 Å². The highest BCUT2D eigenvalue weighted by Crippen LogP contribution is 2.29. The first-order chi connectivity index (χ1) is 18.0. The lowest BCUT2D eigenvalue weighted by molar-refractivity contribution is 0.0930. The number of hydrogen-bond donors (Lipinski definition) is 4. The average Bonchev–Trinajstić information content (AvgIpc) is 3.55. The number of para-hydroxylation sites is 1. The number of H-pyrrole nitrogens is 1. The van der Waals surface area contributed by atoms with Crippen LogP contribution < -0.4 is 16.0 Å². The van der Waals surface area contributed by atoms with Crippen LogP contribution in [0, 0.1) is 17.7 Å². The second kappa shape index (κ2) is 12.4. The minimum Gasteiger partial charge on any atom is -0.379 e. The van der Waals surface area contributed by atoms with Gasteiger partial charge in [0.05, 0.1) is 23.3 Å². The summed E-state index contributed by atoms with van der Waals surface area (Å²) in [4.78, 5) is 50.7. The zero-order valence-electron chi connectivity index (χ0n) is 20.6. The van der Waals surface area contributed by atoms with Crippen LogP contribution >= 0.6 is 0 Å². The van der Waals surface area contributed by atoms with Gasteiger partial charge in [0.25, 0.3) is 5.91 Å². The maximum atomic E-state index is 14.2. The number of allylic oxidation sites excluding steroid dienone is 1. The van der Waals surface area contributed by atoms with E-state index in [0.29, 0.717) is 42.8 Å². The number of nitrogens with one attached hydrogen (secondary N) is 4. The lowest BCUT2D eigenvalue weighted by Gasteiger charge is -2.29. The van der Waals surface area contributed by atoms with Crippen molar-refractivity contribution in [1.82, 2.24) is 20.9 Å². The van der Waals surface area contributed by atoms with Crippen LogP contribution in [0.5, 0.6) is 0 Å². The van der Waals surface area contributed by atoms with E-state index < -0.39 is 23.8 Å². The SMILES string of the molecule is O=C=C[C@H](C[C@@H]1CCNC1=C=O)NC(=C=O)[C@H](CC1CCCCC1)NC(=O)c1cc2cccc(F)c2[nH]1. The molecule has 1 aromatic heterocycles. The number of rotatable bonds is 10. The quantitative estimate of drug-likeness (QED) is 0.368. The summed E-state index contributed by atoms with van der Waals surface area (Å²) in [5.74, 6) is 4.87. The number of carbonyl (C=O) groups is 1. The third-order valence-electron chi connectivity index (χ3n) is 7.38. The molecule has 0 bridgehead atoms. The Morgan fingerprint density at radius 1 is 1.11 bits per heavy atom. The summed E-state index contributed by atoms with van der Waals surface area (Å²) in [6.07, 6.45) is 8.22. The van der Waals surface area contributed by atoms with Crippen LogP contribution in [0.4, 0.5) is 4.39 Å². The van der Waals surface area contributed by atoms with Crippen molar-refractivity contribution in [1.29, 1.82) is 0 Å². The molecule has 1 aliphatic carbocycles. The first-order valence-electron chi connectivity index (χ1n) is 12.8. The number of benzene rings is 1. The molecular formula is C28H31FN4O4. The third kappa shape index (κ3) is 6.46. The minimum absolute atomic E-state index is 0.125. The fourth-order valence-electron chi connectivity index (χ4n) is 5.47. The molecule has 2 aromatic rings. The third-order valence-corrected chi connectivity index (χ3v) is 7.38. The monoisotopic (exact) mass is 506 g/mol. The molecule has 1 saturated carbocycles. The van der Waals surface area contributed by atoms with Gasteiger partial charge in [0.1, 0.15) is 35.0 Å². The number of carbonyl (C=O) groups excluding carboxylic acids is 4. The molecular weight excluding hydrogens is 475 g/mol. The van der Waals surface area contributed by atoms with Crippen LogP contribution in [0.25, 0.3) is 10.9 Å². The van der Waals surface area contributed by atoms with Crippen molar-refractivity contribution in [2.24, 2.45) is 11.8 Å². The number of amides is 1. The van der Waals surface area contributed by atoms with Gasteiger partial charge in [-0.2, -0.15) is 0 Å². The molecule has 4 N–H and O–H groups in total. The summed E-state index contributed by atoms with van der Waals surface area (Å²) >= 11 is 0. The number of halogens is 1. The van der Waals surface area contributed by atoms with Crippen LogP contribution in [0.1, 0.15) is 61.9 Å². The molecule has 1 aromatic carbocycles. The smallest absolute Gasteiger partial charge is 0.268 e. The molecule has 0 radical (unpaired) electrons. The van der Waals surface area contributed by atoms with Crippen LogP contribution in [0.15, 0.2) is 41.7 Å². The summed E-state index contributed by atoms with van der Waals surface area (Å²) in [7, 11) is 0. The molecule has 2 aliphatic rings. The summed E-state index contributed by atoms with van der Waals surface area (Å²) < 4.78 is 14.2. The van der Waals surface area contributed by atoms with Gasteiger partial charge in [-0.05, 0) is 37.3 Å². The fraction of sp³-hybridized carbons (Fsp3) is 0.464. The summed E-state index contributed by atoms with van der Waals surface area (Å²) in [6, 6.07) is 4.89. The van der Waals surface area contributed by atoms with Crippen molar-refractivity contribution in [3.8, 4) is 0 Å². The predicted octanol–water partition coefficient (Wildman–Crippen LogP) is 3.15. The topological polar surface area (TPSA) is 120 Å². The van der Waals surface area contributed by atoms with E-state index in [2.05, 4.69) is 20.9 Å². The Labute approximate surface area is 214 Å². The zero-order valence-corrected chi connectivity index (χ0v) is 20.6. The molecule has 8 nitrogen and oxygen atoms in total. The number of fused-ring (bicyclic) bond motifs is 1. The van der Waals surface area contributed by atoms with Crippen molar-refractivity contribution in [2.75, 3.05) is 6.54 Å². The van der Waals surface area contributed by atoms with Gasteiger partial charge < -0.3 is 20.9 Å². The Bertz CT molecular complexity index is 1280. The van der Waals surface area contributed by atoms with Gasteiger partial charge in [-0.15, -0.1) is 0 Å². The first-order valence-corrected chi connectivity index (χ1v) is 12.8. The Morgan fingerprint density at radius 3 is 2.62 bits per heavy atom. The average molecular weight is 507 g/mol. The Hall–Kier alpha value is -3.89. The second-order valence-corrected chi connectivity index (χ2v) is 9.87. The van der Waals surface area contributed by atoms with E-state index in [1.807, 2.05) is 11.9 Å². The normalized spacial score (nSPS) is 19.2. The van der Waals surface area contributed by atoms with E-state index in [0.717, 1.165) is 32.1 Å².